The molecule has 2 saturated heterocycles. The Kier molecular flexibility index (Phi) is 5.56. The monoisotopic (exact) mass is 399 g/mol. The van der Waals surface area contributed by atoms with Gasteiger partial charge in [0.2, 0.25) is 11.8 Å². The minimum Gasteiger partial charge on any atom is -0.406 e. The van der Waals surface area contributed by atoms with Crippen LogP contribution in [0.2, 0.25) is 0 Å². The summed E-state index contributed by atoms with van der Waals surface area (Å²) < 4.78 is 40.3. The van der Waals surface area contributed by atoms with Gasteiger partial charge < -0.3 is 15.4 Å². The molecule has 6 nitrogen and oxygen atoms in total. The highest BCUT2D eigenvalue weighted by Gasteiger charge is 2.52. The van der Waals surface area contributed by atoms with Crippen LogP contribution < -0.4 is 15.4 Å². The smallest absolute Gasteiger partial charge is 0.406 e. The van der Waals surface area contributed by atoms with Crippen molar-refractivity contribution in [2.24, 2.45) is 5.41 Å². The van der Waals surface area contributed by atoms with E-state index in [0.29, 0.717) is 24.6 Å². The molecular formula is C19H24F3N3O3. The molecule has 0 aliphatic carbocycles. The van der Waals surface area contributed by atoms with Crippen LogP contribution in [0.1, 0.15) is 32.3 Å². The van der Waals surface area contributed by atoms with Crippen LogP contribution in [0.25, 0.3) is 0 Å². The lowest BCUT2D eigenvalue weighted by Crippen LogP contribution is -2.41. The van der Waals surface area contributed by atoms with Crippen molar-refractivity contribution >= 4 is 11.8 Å². The first-order valence-corrected chi connectivity index (χ1v) is 9.25. The van der Waals surface area contributed by atoms with E-state index in [0.717, 1.165) is 13.0 Å². The topological polar surface area (TPSA) is 70.7 Å². The Morgan fingerprint density at radius 3 is 2.61 bits per heavy atom. The molecule has 2 N–H and O–H groups in total. The van der Waals surface area contributed by atoms with Crippen molar-refractivity contribution in [2.75, 3.05) is 13.1 Å². The van der Waals surface area contributed by atoms with Crippen molar-refractivity contribution < 1.29 is 27.5 Å². The van der Waals surface area contributed by atoms with Gasteiger partial charge in [-0.1, -0.05) is 12.1 Å². The van der Waals surface area contributed by atoms with Crippen molar-refractivity contribution in [1.29, 1.82) is 0 Å². The Morgan fingerprint density at radius 1 is 1.36 bits per heavy atom. The standard InChI is InChI=1S/C19H24F3N3O3/c1-12(2)25-8-7-18(11-25)9-15(24-17(18)27)16(26)23-10-13-3-5-14(6-4-13)28-19(20,21)22/h3-6,12,15H,7-11H2,1-2H3,(H,23,26)(H,24,27)/t15-,18+/m0/s1. The first-order chi connectivity index (χ1) is 13.1. The van der Waals surface area contributed by atoms with E-state index in [4.69, 9.17) is 0 Å². The van der Waals surface area contributed by atoms with Crippen LogP contribution in [-0.2, 0) is 16.1 Å². The zero-order valence-corrected chi connectivity index (χ0v) is 15.8. The van der Waals surface area contributed by atoms with Crippen molar-refractivity contribution in [3.05, 3.63) is 29.8 Å². The largest absolute Gasteiger partial charge is 0.573 e. The maximum Gasteiger partial charge on any atom is 0.573 e. The normalized spacial score (nSPS) is 25.4. The van der Waals surface area contributed by atoms with Gasteiger partial charge in [-0.25, -0.2) is 0 Å². The average Bonchev–Trinajstić information content (AvgIpc) is 3.18. The van der Waals surface area contributed by atoms with Crippen LogP contribution in [0.15, 0.2) is 24.3 Å². The number of alkyl halides is 3. The van der Waals surface area contributed by atoms with Crippen LogP contribution in [0.5, 0.6) is 5.75 Å². The summed E-state index contributed by atoms with van der Waals surface area (Å²) in [6.45, 7) is 5.82. The molecule has 2 aliphatic heterocycles. The highest BCUT2D eigenvalue weighted by Crippen LogP contribution is 2.40. The fourth-order valence-electron chi connectivity index (χ4n) is 3.82. The Morgan fingerprint density at radius 2 is 2.04 bits per heavy atom. The molecule has 28 heavy (non-hydrogen) atoms. The highest BCUT2D eigenvalue weighted by molar-refractivity contribution is 5.94. The highest BCUT2D eigenvalue weighted by atomic mass is 19.4. The van der Waals surface area contributed by atoms with Gasteiger partial charge in [-0.3, -0.25) is 14.5 Å². The van der Waals surface area contributed by atoms with Gasteiger partial charge in [0.15, 0.2) is 0 Å². The number of hydrogen-bond donors (Lipinski definition) is 2. The summed E-state index contributed by atoms with van der Waals surface area (Å²) in [6.07, 6.45) is -3.54. The number of benzene rings is 1. The van der Waals surface area contributed by atoms with Gasteiger partial charge in [-0.15, -0.1) is 13.2 Å². The molecule has 154 valence electrons. The minimum atomic E-state index is -4.74. The van der Waals surface area contributed by atoms with E-state index in [1.165, 1.54) is 24.3 Å². The van der Waals surface area contributed by atoms with Gasteiger partial charge in [0, 0.05) is 19.1 Å². The molecule has 1 spiro atoms. The summed E-state index contributed by atoms with van der Waals surface area (Å²) in [4.78, 5) is 27.2. The average molecular weight is 399 g/mol. The van der Waals surface area contributed by atoms with Crippen LogP contribution in [0.3, 0.4) is 0 Å². The molecule has 0 saturated carbocycles. The van der Waals surface area contributed by atoms with Crippen LogP contribution in [0.4, 0.5) is 13.2 Å². The lowest BCUT2D eigenvalue weighted by Gasteiger charge is -2.23. The molecule has 1 aromatic rings. The number of nitrogens with zero attached hydrogens (tertiary/aromatic N) is 1. The number of carbonyl (C=O) groups is 2. The molecule has 0 aromatic heterocycles. The molecule has 1 aromatic carbocycles. The van der Waals surface area contributed by atoms with E-state index in [1.54, 1.807) is 0 Å². The minimum absolute atomic E-state index is 0.0792. The van der Waals surface area contributed by atoms with E-state index < -0.39 is 17.8 Å². The lowest BCUT2D eigenvalue weighted by atomic mass is 9.84. The van der Waals surface area contributed by atoms with Gasteiger partial charge in [0.25, 0.3) is 0 Å². The van der Waals surface area contributed by atoms with E-state index in [1.807, 2.05) is 0 Å². The number of nitrogens with one attached hydrogen (secondary N) is 2. The number of carbonyl (C=O) groups excluding carboxylic acids is 2. The van der Waals surface area contributed by atoms with Gasteiger partial charge in [-0.2, -0.15) is 0 Å². The summed E-state index contributed by atoms with van der Waals surface area (Å²) in [7, 11) is 0. The second kappa shape index (κ2) is 7.62. The summed E-state index contributed by atoms with van der Waals surface area (Å²) >= 11 is 0. The van der Waals surface area contributed by atoms with Crippen LogP contribution in [-0.4, -0.2) is 48.2 Å². The van der Waals surface area contributed by atoms with E-state index >= 15 is 0 Å². The SMILES string of the molecule is CC(C)N1CC[C@@]2(C[C@@H](C(=O)NCc3ccc(OC(F)(F)F)cc3)NC2=O)C1. The molecule has 0 bridgehead atoms. The van der Waals surface area contributed by atoms with Gasteiger partial charge >= 0.3 is 6.36 Å². The third-order valence-corrected chi connectivity index (χ3v) is 5.44. The zero-order valence-electron chi connectivity index (χ0n) is 15.8. The maximum absolute atomic E-state index is 12.5. The molecule has 3 rings (SSSR count). The lowest BCUT2D eigenvalue weighted by molar-refractivity contribution is -0.274. The summed E-state index contributed by atoms with van der Waals surface area (Å²) in [5.41, 5.74) is 0.122. The second-order valence-electron chi connectivity index (χ2n) is 7.73. The first-order valence-electron chi connectivity index (χ1n) is 9.25. The zero-order chi connectivity index (χ0) is 20.5. The Bertz CT molecular complexity index is 736. The third kappa shape index (κ3) is 4.57. The van der Waals surface area contributed by atoms with Gasteiger partial charge in [0.1, 0.15) is 11.8 Å². The Hall–Kier alpha value is -2.29. The van der Waals surface area contributed by atoms with E-state index in [9.17, 15) is 22.8 Å². The predicted octanol–water partition coefficient (Wildman–Crippen LogP) is 2.19. The van der Waals surface area contributed by atoms with Gasteiger partial charge in [0.05, 0.1) is 5.41 Å². The fourth-order valence-corrected chi connectivity index (χ4v) is 3.82. The van der Waals surface area contributed by atoms with Crippen molar-refractivity contribution in [2.45, 2.75) is 51.7 Å². The van der Waals surface area contributed by atoms with Crippen molar-refractivity contribution in [3.8, 4) is 5.75 Å². The molecule has 2 aliphatic rings. The Labute approximate surface area is 161 Å². The van der Waals surface area contributed by atoms with Gasteiger partial charge in [-0.05, 0) is 50.9 Å². The summed E-state index contributed by atoms with van der Waals surface area (Å²) in [6, 6.07) is 5.05. The number of halogens is 3. The molecule has 2 fully saturated rings. The maximum atomic E-state index is 12.5. The summed E-state index contributed by atoms with van der Waals surface area (Å²) in [5, 5.41) is 5.53. The fraction of sp³-hybridized carbons (Fsp3) is 0.579. The third-order valence-electron chi connectivity index (χ3n) is 5.44. The number of hydrogen-bond acceptors (Lipinski definition) is 4. The van der Waals surface area contributed by atoms with E-state index in [2.05, 4.69) is 34.1 Å². The molecule has 0 radical (unpaired) electrons. The first kappa shape index (κ1) is 20.4. The van der Waals surface area contributed by atoms with E-state index in [-0.39, 0.29) is 24.1 Å². The second-order valence-corrected chi connectivity index (χ2v) is 7.73. The number of ether oxygens (including phenoxy) is 1. The molecule has 9 heteroatoms. The van der Waals surface area contributed by atoms with Crippen molar-refractivity contribution in [1.82, 2.24) is 15.5 Å². The Balaban J connectivity index is 1.53. The van der Waals surface area contributed by atoms with Crippen molar-refractivity contribution in [3.63, 3.8) is 0 Å². The number of likely N-dealkylation sites (tertiary alicyclic amines) is 1. The number of amides is 2. The molecule has 2 atom stereocenters. The molecule has 0 unspecified atom stereocenters. The molecule has 2 amide bonds. The number of rotatable bonds is 5. The van der Waals surface area contributed by atoms with Crippen LogP contribution in [0, 0.1) is 5.41 Å². The summed E-state index contributed by atoms with van der Waals surface area (Å²) in [5.74, 6) is -0.684. The molecule has 2 heterocycles. The van der Waals surface area contributed by atoms with Crippen LogP contribution >= 0.6 is 0 Å². The molecular weight excluding hydrogens is 375 g/mol. The quantitative estimate of drug-likeness (QED) is 0.797. The predicted molar refractivity (Wildman–Crippen MR) is 95.3 cm³/mol.